The van der Waals surface area contributed by atoms with Crippen molar-refractivity contribution in [3.05, 3.63) is 89.0 Å². The second-order valence-electron chi connectivity index (χ2n) is 10.4. The lowest BCUT2D eigenvalue weighted by atomic mass is 10.00. The number of carbonyl (C=O) groups is 1. The lowest BCUT2D eigenvalue weighted by Gasteiger charge is -2.37. The van der Waals surface area contributed by atoms with E-state index >= 15 is 0 Å². The number of hydrogen-bond donors (Lipinski definition) is 1. The lowest BCUT2D eigenvalue weighted by molar-refractivity contribution is -0.928. The average molecular weight is 611 g/mol. The Morgan fingerprint density at radius 1 is 0.946 bits per heavy atom. The van der Waals surface area contributed by atoms with Crippen molar-refractivity contribution in [1.29, 1.82) is 0 Å². The molecule has 1 amide bonds. The number of rotatable bonds is 8. The van der Waals surface area contributed by atoms with E-state index in [0.717, 1.165) is 44.7 Å². The summed E-state index contributed by atoms with van der Waals surface area (Å²) < 4.78 is 6.92. The van der Waals surface area contributed by atoms with Crippen LogP contribution in [0.25, 0.3) is 17.2 Å². The summed E-state index contributed by atoms with van der Waals surface area (Å²) in [6.07, 6.45) is 4.89. The molecule has 0 spiro atoms. The number of nitrogens with one attached hydrogen (secondary N) is 1. The van der Waals surface area contributed by atoms with Gasteiger partial charge in [0.2, 0.25) is 0 Å². The van der Waals surface area contributed by atoms with Crippen LogP contribution in [-0.2, 0) is 11.3 Å². The molecular formula is C32H39IN2O2. The van der Waals surface area contributed by atoms with Crippen LogP contribution in [0.15, 0.2) is 72.3 Å². The normalized spacial score (nSPS) is 13.1. The summed E-state index contributed by atoms with van der Waals surface area (Å²) in [7, 11) is 4.60. The summed E-state index contributed by atoms with van der Waals surface area (Å²) >= 11 is 0. The minimum Gasteiger partial charge on any atom is -1.00 e. The Bertz CT molecular complexity index is 1230. The van der Waals surface area contributed by atoms with Gasteiger partial charge in [-0.3, -0.25) is 4.79 Å². The van der Waals surface area contributed by atoms with Crippen LogP contribution in [0.5, 0.6) is 5.75 Å². The van der Waals surface area contributed by atoms with E-state index in [4.69, 9.17) is 4.74 Å². The third-order valence-corrected chi connectivity index (χ3v) is 7.38. The van der Waals surface area contributed by atoms with Crippen molar-refractivity contribution in [3.63, 3.8) is 0 Å². The van der Waals surface area contributed by atoms with E-state index in [1.807, 2.05) is 24.3 Å². The van der Waals surface area contributed by atoms with Crippen molar-refractivity contribution in [2.75, 3.05) is 26.0 Å². The minimum absolute atomic E-state index is 0. The highest BCUT2D eigenvalue weighted by atomic mass is 127. The van der Waals surface area contributed by atoms with Crippen molar-refractivity contribution in [3.8, 4) is 16.9 Å². The van der Waals surface area contributed by atoms with E-state index in [2.05, 4.69) is 88.7 Å². The van der Waals surface area contributed by atoms with E-state index in [1.165, 1.54) is 24.0 Å². The number of nitrogens with zero attached hydrogens (tertiary/aromatic N) is 1. The Hall–Kier alpha value is -2.64. The fourth-order valence-electron chi connectivity index (χ4n) is 5.21. The molecule has 3 aromatic carbocycles. The van der Waals surface area contributed by atoms with Gasteiger partial charge in [-0.05, 0) is 61.2 Å². The second kappa shape index (κ2) is 12.7. The van der Waals surface area contributed by atoms with Gasteiger partial charge in [-0.2, -0.15) is 0 Å². The Balaban J connectivity index is 0.00000380. The molecule has 5 heteroatoms. The maximum absolute atomic E-state index is 13.2. The van der Waals surface area contributed by atoms with Crippen LogP contribution >= 0.6 is 0 Å². The van der Waals surface area contributed by atoms with Crippen molar-refractivity contribution < 1.29 is 38.0 Å². The molecule has 0 aromatic heterocycles. The van der Waals surface area contributed by atoms with Crippen LogP contribution < -0.4 is 34.0 Å². The van der Waals surface area contributed by atoms with Crippen molar-refractivity contribution in [1.82, 2.24) is 0 Å². The molecule has 0 saturated heterocycles. The molecule has 0 aliphatic carbocycles. The number of carbonyl (C=O) groups excluding carboxylic acids is 1. The third-order valence-electron chi connectivity index (χ3n) is 7.38. The molecule has 196 valence electrons. The first-order valence-electron chi connectivity index (χ1n) is 13.1. The topological polar surface area (TPSA) is 38.3 Å². The highest BCUT2D eigenvalue weighted by Gasteiger charge is 2.25. The van der Waals surface area contributed by atoms with Gasteiger partial charge in [-0.15, -0.1) is 0 Å². The van der Waals surface area contributed by atoms with Gasteiger partial charge in [0.15, 0.2) is 0 Å². The summed E-state index contributed by atoms with van der Waals surface area (Å²) in [4.78, 5) is 13.2. The summed E-state index contributed by atoms with van der Waals surface area (Å²) in [5.74, 6) is 0.740. The first-order valence-corrected chi connectivity index (χ1v) is 13.1. The Labute approximate surface area is 239 Å². The first-order chi connectivity index (χ1) is 17.3. The van der Waals surface area contributed by atoms with E-state index in [9.17, 15) is 4.79 Å². The molecule has 0 saturated carbocycles. The van der Waals surface area contributed by atoms with Crippen LogP contribution in [0.2, 0.25) is 0 Å². The van der Waals surface area contributed by atoms with Gasteiger partial charge in [0, 0.05) is 28.8 Å². The van der Waals surface area contributed by atoms with Gasteiger partial charge in [0.1, 0.15) is 12.3 Å². The van der Waals surface area contributed by atoms with E-state index in [-0.39, 0.29) is 29.9 Å². The molecule has 0 bridgehead atoms. The molecule has 1 N–H and O–H groups in total. The number of halogens is 1. The molecule has 3 aromatic rings. The Morgan fingerprint density at radius 2 is 1.59 bits per heavy atom. The quantitative estimate of drug-likeness (QED) is 0.307. The number of ether oxygens (including phenoxy) is 1. The molecule has 4 rings (SSSR count). The summed E-state index contributed by atoms with van der Waals surface area (Å²) in [5, 5.41) is 3.09. The number of benzene rings is 3. The number of fused-ring (bicyclic) bond motifs is 1. The van der Waals surface area contributed by atoms with Crippen LogP contribution in [-0.4, -0.2) is 37.1 Å². The summed E-state index contributed by atoms with van der Waals surface area (Å²) in [6.45, 7) is 8.08. The molecule has 0 unspecified atom stereocenters. The van der Waals surface area contributed by atoms with Crippen LogP contribution in [0, 0.1) is 6.92 Å². The average Bonchev–Trinajstić information content (AvgIpc) is 3.08. The highest BCUT2D eigenvalue weighted by molar-refractivity contribution is 6.07. The third kappa shape index (κ3) is 7.23. The predicted octanol–water partition coefficient (Wildman–Crippen LogP) is 4.24. The molecule has 1 aliphatic heterocycles. The molecule has 0 fully saturated rings. The SMILES string of the molecule is CCC(CC)[N+](C)(C)Cc1ccc(NC(=O)C2=Cc3cc(-c4ccc(C)cc4)ccc3OCC2)cc1.[I-]. The predicted molar refractivity (Wildman–Crippen MR) is 150 cm³/mol. The van der Waals surface area contributed by atoms with Gasteiger partial charge in [0.05, 0.1) is 26.7 Å². The standard InChI is InChI=1S/C32H38N2O2.HI/c1-6-30(7-2)34(4,5)22-24-10-15-29(16-11-24)33-32(35)27-18-19-36-31-17-14-26(20-28(31)21-27)25-12-8-23(3)9-13-25;/h8-17,20-21,30H,6-7,18-19,22H2,1-5H3;1H. The molecule has 4 nitrogen and oxygen atoms in total. The largest absolute Gasteiger partial charge is 1.00 e. The number of amides is 1. The summed E-state index contributed by atoms with van der Waals surface area (Å²) in [6, 6.07) is 23.6. The van der Waals surface area contributed by atoms with Gasteiger partial charge >= 0.3 is 0 Å². The van der Waals surface area contributed by atoms with E-state index in [0.29, 0.717) is 19.1 Å². The van der Waals surface area contributed by atoms with Gasteiger partial charge in [-0.1, -0.05) is 61.9 Å². The van der Waals surface area contributed by atoms with Crippen LogP contribution in [0.4, 0.5) is 5.69 Å². The fourth-order valence-corrected chi connectivity index (χ4v) is 5.21. The first kappa shape index (κ1) is 28.9. The lowest BCUT2D eigenvalue weighted by Crippen LogP contribution is -3.00. The number of quaternary nitrogens is 1. The molecular weight excluding hydrogens is 571 g/mol. The van der Waals surface area contributed by atoms with E-state index < -0.39 is 0 Å². The van der Waals surface area contributed by atoms with Gasteiger partial charge < -0.3 is 38.5 Å². The summed E-state index contributed by atoms with van der Waals surface area (Å²) in [5.41, 5.74) is 7.26. The minimum atomic E-state index is -0.0759. The monoisotopic (exact) mass is 610 g/mol. The van der Waals surface area contributed by atoms with Crippen LogP contribution in [0.1, 0.15) is 49.8 Å². The maximum atomic E-state index is 13.2. The smallest absolute Gasteiger partial charge is 0.251 e. The zero-order valence-corrected chi connectivity index (χ0v) is 24.8. The Kier molecular flexibility index (Phi) is 9.96. The van der Waals surface area contributed by atoms with Crippen molar-refractivity contribution in [2.45, 2.75) is 52.6 Å². The fraction of sp³-hybridized carbons (Fsp3) is 0.344. The zero-order valence-electron chi connectivity index (χ0n) is 22.7. The van der Waals surface area contributed by atoms with Gasteiger partial charge in [-0.25, -0.2) is 0 Å². The number of anilines is 1. The van der Waals surface area contributed by atoms with E-state index in [1.54, 1.807) is 0 Å². The Morgan fingerprint density at radius 3 is 2.24 bits per heavy atom. The van der Waals surface area contributed by atoms with Crippen molar-refractivity contribution in [2.24, 2.45) is 0 Å². The van der Waals surface area contributed by atoms with Crippen molar-refractivity contribution >= 4 is 17.7 Å². The number of aryl methyl sites for hydroxylation is 1. The molecule has 0 atom stereocenters. The molecule has 1 aliphatic rings. The maximum Gasteiger partial charge on any atom is 0.251 e. The van der Waals surface area contributed by atoms with Crippen LogP contribution in [0.3, 0.4) is 0 Å². The molecule has 1 heterocycles. The number of hydrogen-bond acceptors (Lipinski definition) is 2. The zero-order chi connectivity index (χ0) is 25.7. The highest BCUT2D eigenvalue weighted by Crippen LogP contribution is 2.31. The van der Waals surface area contributed by atoms with Gasteiger partial charge in [0.25, 0.3) is 5.91 Å². The second-order valence-corrected chi connectivity index (χ2v) is 10.4. The molecule has 37 heavy (non-hydrogen) atoms. The molecule has 0 radical (unpaired) electrons.